The summed E-state index contributed by atoms with van der Waals surface area (Å²) in [6.07, 6.45) is 0. The first kappa shape index (κ1) is 17.9. The number of rotatable bonds is 4. The summed E-state index contributed by atoms with van der Waals surface area (Å²) in [6.45, 7) is 1.73. The summed E-state index contributed by atoms with van der Waals surface area (Å²) in [7, 11) is 0. The van der Waals surface area contributed by atoms with Gasteiger partial charge in [-0.2, -0.15) is 0 Å². The van der Waals surface area contributed by atoms with Crippen molar-refractivity contribution in [3.05, 3.63) is 88.3 Å². The number of benzene rings is 2. The largest absolute Gasteiger partial charge is 0.326 e. The number of hydrogen-bond acceptors (Lipinski definition) is 3. The van der Waals surface area contributed by atoms with Crippen LogP contribution in [0.3, 0.4) is 0 Å². The summed E-state index contributed by atoms with van der Waals surface area (Å²) in [5.41, 5.74) is 1.85. The topological polar surface area (TPSA) is 103 Å². The molecule has 0 atom stereocenters. The number of amides is 3. The van der Waals surface area contributed by atoms with Crippen LogP contribution in [0.1, 0.15) is 16.1 Å². The zero-order valence-electron chi connectivity index (χ0n) is 14.6. The van der Waals surface area contributed by atoms with Crippen molar-refractivity contribution in [2.75, 3.05) is 16.0 Å². The van der Waals surface area contributed by atoms with Gasteiger partial charge in [0.15, 0.2) is 0 Å². The molecule has 0 radical (unpaired) electrons. The van der Waals surface area contributed by atoms with Crippen molar-refractivity contribution in [3.63, 3.8) is 0 Å². The van der Waals surface area contributed by atoms with Gasteiger partial charge in [0.1, 0.15) is 5.56 Å². The zero-order chi connectivity index (χ0) is 19.2. The van der Waals surface area contributed by atoms with Crippen molar-refractivity contribution in [3.8, 4) is 0 Å². The molecule has 4 N–H and O–H groups in total. The van der Waals surface area contributed by atoms with E-state index >= 15 is 0 Å². The molecular weight excluding hydrogens is 344 g/mol. The molecule has 0 bridgehead atoms. The van der Waals surface area contributed by atoms with Crippen molar-refractivity contribution < 1.29 is 9.59 Å². The van der Waals surface area contributed by atoms with E-state index in [1.54, 1.807) is 49.4 Å². The number of hydrogen-bond donors (Lipinski definition) is 4. The molecule has 3 amide bonds. The monoisotopic (exact) mass is 362 g/mol. The number of aromatic amines is 1. The summed E-state index contributed by atoms with van der Waals surface area (Å²) in [5, 5.41) is 8.05. The van der Waals surface area contributed by atoms with Crippen molar-refractivity contribution in [1.29, 1.82) is 0 Å². The van der Waals surface area contributed by atoms with Crippen LogP contribution in [0.4, 0.5) is 21.9 Å². The fraction of sp³-hybridized carbons (Fsp3) is 0.0500. The van der Waals surface area contributed by atoms with Crippen molar-refractivity contribution in [1.82, 2.24) is 4.98 Å². The highest BCUT2D eigenvalue weighted by molar-refractivity contribution is 6.05. The average Bonchev–Trinajstić information content (AvgIpc) is 2.62. The predicted molar refractivity (Wildman–Crippen MR) is 105 cm³/mol. The first-order valence-electron chi connectivity index (χ1n) is 8.26. The fourth-order valence-electron chi connectivity index (χ4n) is 2.44. The Morgan fingerprint density at radius 3 is 2.11 bits per heavy atom. The second-order valence-electron chi connectivity index (χ2n) is 5.86. The quantitative estimate of drug-likeness (QED) is 0.570. The van der Waals surface area contributed by atoms with Crippen LogP contribution in [0.25, 0.3) is 0 Å². The molecule has 0 spiro atoms. The van der Waals surface area contributed by atoms with Gasteiger partial charge >= 0.3 is 6.03 Å². The van der Waals surface area contributed by atoms with Gasteiger partial charge in [0.05, 0.1) is 0 Å². The standard InChI is InChI=1S/C20H18N4O3/c1-13-10-11-17(18(25)21-13)19(26)22-15-8-5-9-16(12-15)24-20(27)23-14-6-3-2-4-7-14/h2-12H,1H3,(H,21,25)(H,22,26)(H2,23,24,27). The van der Waals surface area contributed by atoms with Gasteiger partial charge in [0.25, 0.3) is 11.5 Å². The highest BCUT2D eigenvalue weighted by Crippen LogP contribution is 2.16. The number of pyridine rings is 1. The molecule has 2 aromatic carbocycles. The second-order valence-corrected chi connectivity index (χ2v) is 5.86. The van der Waals surface area contributed by atoms with Crippen molar-refractivity contribution >= 4 is 29.0 Å². The molecule has 7 heteroatoms. The first-order valence-corrected chi connectivity index (χ1v) is 8.26. The lowest BCUT2D eigenvalue weighted by molar-refractivity contribution is 0.102. The Hall–Kier alpha value is -3.87. The fourth-order valence-corrected chi connectivity index (χ4v) is 2.44. The highest BCUT2D eigenvalue weighted by Gasteiger charge is 2.11. The van der Waals surface area contributed by atoms with Crippen LogP contribution >= 0.6 is 0 Å². The minimum atomic E-state index is -0.526. The summed E-state index contributed by atoms with van der Waals surface area (Å²) in [4.78, 5) is 38.8. The Kier molecular flexibility index (Phi) is 5.32. The summed E-state index contributed by atoms with van der Waals surface area (Å²) in [6, 6.07) is 18.4. The Bertz CT molecular complexity index is 1030. The number of aromatic nitrogens is 1. The second kappa shape index (κ2) is 8.01. The summed E-state index contributed by atoms with van der Waals surface area (Å²) >= 11 is 0. The van der Waals surface area contributed by atoms with Crippen LogP contribution < -0.4 is 21.5 Å². The molecule has 0 aliphatic rings. The molecule has 1 heterocycles. The van der Waals surface area contributed by atoms with E-state index in [0.29, 0.717) is 22.8 Å². The molecule has 3 rings (SSSR count). The van der Waals surface area contributed by atoms with Crippen LogP contribution in [0, 0.1) is 6.92 Å². The third-order valence-corrected chi connectivity index (χ3v) is 3.71. The maximum Gasteiger partial charge on any atom is 0.323 e. The molecule has 0 fully saturated rings. The van der Waals surface area contributed by atoms with Gasteiger partial charge in [0, 0.05) is 22.8 Å². The van der Waals surface area contributed by atoms with Gasteiger partial charge in [-0.3, -0.25) is 9.59 Å². The third kappa shape index (κ3) is 4.82. The van der Waals surface area contributed by atoms with E-state index in [2.05, 4.69) is 20.9 Å². The lowest BCUT2D eigenvalue weighted by atomic mass is 10.2. The van der Waals surface area contributed by atoms with Crippen LogP contribution in [-0.2, 0) is 0 Å². The number of H-pyrrole nitrogens is 1. The summed E-state index contributed by atoms with van der Waals surface area (Å²) in [5.74, 6) is -0.526. The van der Waals surface area contributed by atoms with Gasteiger partial charge in [-0.15, -0.1) is 0 Å². The Morgan fingerprint density at radius 1 is 0.778 bits per heavy atom. The Morgan fingerprint density at radius 2 is 1.41 bits per heavy atom. The number of anilines is 3. The zero-order valence-corrected chi connectivity index (χ0v) is 14.6. The van der Waals surface area contributed by atoms with Crippen LogP contribution in [0.15, 0.2) is 71.5 Å². The Balaban J connectivity index is 1.67. The van der Waals surface area contributed by atoms with Crippen LogP contribution in [-0.4, -0.2) is 16.9 Å². The van der Waals surface area contributed by atoms with E-state index in [9.17, 15) is 14.4 Å². The molecular formula is C20H18N4O3. The number of carbonyl (C=O) groups is 2. The predicted octanol–water partition coefficient (Wildman–Crippen LogP) is 3.58. The van der Waals surface area contributed by atoms with E-state index in [4.69, 9.17) is 0 Å². The summed E-state index contributed by atoms with van der Waals surface area (Å²) < 4.78 is 0. The molecule has 3 aromatic rings. The SMILES string of the molecule is Cc1ccc(C(=O)Nc2cccc(NC(=O)Nc3ccccc3)c2)c(=O)[nH]1. The minimum Gasteiger partial charge on any atom is -0.326 e. The van der Waals surface area contributed by atoms with Crippen LogP contribution in [0.2, 0.25) is 0 Å². The van der Waals surface area contributed by atoms with Gasteiger partial charge in [-0.25, -0.2) is 4.79 Å². The minimum absolute atomic E-state index is 0.0146. The lowest BCUT2D eigenvalue weighted by Gasteiger charge is -2.10. The molecule has 1 aromatic heterocycles. The molecule has 0 aliphatic carbocycles. The van der Waals surface area contributed by atoms with Gasteiger partial charge in [-0.1, -0.05) is 24.3 Å². The Labute approximate surface area is 155 Å². The number of nitrogens with one attached hydrogen (secondary N) is 4. The van der Waals surface area contributed by atoms with Gasteiger partial charge in [-0.05, 0) is 49.4 Å². The average molecular weight is 362 g/mol. The van der Waals surface area contributed by atoms with Crippen molar-refractivity contribution in [2.45, 2.75) is 6.92 Å². The van der Waals surface area contributed by atoms with E-state index in [1.807, 2.05) is 18.2 Å². The maximum atomic E-state index is 12.3. The molecule has 7 nitrogen and oxygen atoms in total. The molecule has 0 aliphatic heterocycles. The number of para-hydroxylation sites is 1. The molecule has 0 unspecified atom stereocenters. The van der Waals surface area contributed by atoms with E-state index in [-0.39, 0.29) is 5.56 Å². The normalized spacial score (nSPS) is 10.1. The lowest BCUT2D eigenvalue weighted by Crippen LogP contribution is -2.23. The molecule has 27 heavy (non-hydrogen) atoms. The molecule has 0 saturated heterocycles. The number of urea groups is 1. The third-order valence-electron chi connectivity index (χ3n) is 3.71. The number of carbonyl (C=O) groups excluding carboxylic acids is 2. The van der Waals surface area contributed by atoms with E-state index in [0.717, 1.165) is 0 Å². The smallest absolute Gasteiger partial charge is 0.323 e. The van der Waals surface area contributed by atoms with Gasteiger partial charge in [0.2, 0.25) is 0 Å². The van der Waals surface area contributed by atoms with Gasteiger partial charge < -0.3 is 20.9 Å². The van der Waals surface area contributed by atoms with Crippen molar-refractivity contribution in [2.24, 2.45) is 0 Å². The first-order chi connectivity index (χ1) is 13.0. The van der Waals surface area contributed by atoms with Crippen LogP contribution in [0.5, 0.6) is 0 Å². The number of aryl methyl sites for hydroxylation is 1. The highest BCUT2D eigenvalue weighted by atomic mass is 16.2. The molecule has 0 saturated carbocycles. The molecule has 136 valence electrons. The van der Waals surface area contributed by atoms with E-state index < -0.39 is 17.5 Å². The van der Waals surface area contributed by atoms with E-state index in [1.165, 1.54) is 6.07 Å². The maximum absolute atomic E-state index is 12.3.